The summed E-state index contributed by atoms with van der Waals surface area (Å²) in [7, 11) is 0. The molecule has 110 valence electrons. The van der Waals surface area contributed by atoms with E-state index in [4.69, 9.17) is 0 Å². The van der Waals surface area contributed by atoms with Crippen molar-refractivity contribution in [2.24, 2.45) is 17.8 Å². The summed E-state index contributed by atoms with van der Waals surface area (Å²) < 4.78 is 0. The topological polar surface area (TPSA) is 78.0 Å². The zero-order chi connectivity index (χ0) is 14.4. The smallest absolute Gasteiger partial charge is 0.253 e. The summed E-state index contributed by atoms with van der Waals surface area (Å²) >= 11 is 0. The van der Waals surface area contributed by atoms with E-state index >= 15 is 0 Å². The first kappa shape index (κ1) is 12.8. The van der Waals surface area contributed by atoms with Crippen LogP contribution in [0.25, 0.3) is 10.9 Å². The summed E-state index contributed by atoms with van der Waals surface area (Å²) in [6, 6.07) is 5.73. The number of aliphatic hydroxyl groups excluding tert-OH is 1. The van der Waals surface area contributed by atoms with Gasteiger partial charge in [-0.25, -0.2) is 0 Å². The fraction of sp³-hybridized carbons (Fsp3) is 0.500. The molecule has 0 radical (unpaired) electrons. The molecular formula is C16H19N3O2. The molecule has 5 nitrogen and oxygen atoms in total. The lowest BCUT2D eigenvalue weighted by molar-refractivity contribution is 0.0863. The van der Waals surface area contributed by atoms with E-state index in [0.29, 0.717) is 17.4 Å². The van der Waals surface area contributed by atoms with E-state index in [9.17, 15) is 9.90 Å². The number of benzene rings is 1. The van der Waals surface area contributed by atoms with Crippen LogP contribution in [0.15, 0.2) is 24.4 Å². The van der Waals surface area contributed by atoms with E-state index in [1.165, 1.54) is 12.8 Å². The van der Waals surface area contributed by atoms with Crippen LogP contribution in [0, 0.1) is 17.8 Å². The molecule has 2 fully saturated rings. The largest absolute Gasteiger partial charge is 0.396 e. The van der Waals surface area contributed by atoms with Crippen LogP contribution < -0.4 is 5.32 Å². The minimum Gasteiger partial charge on any atom is -0.396 e. The van der Waals surface area contributed by atoms with Crippen LogP contribution in [-0.4, -0.2) is 33.9 Å². The summed E-state index contributed by atoms with van der Waals surface area (Å²) in [5.74, 6) is 1.25. The molecule has 3 N–H and O–H groups in total. The molecular weight excluding hydrogens is 266 g/mol. The Labute approximate surface area is 122 Å². The van der Waals surface area contributed by atoms with Gasteiger partial charge in [-0.15, -0.1) is 0 Å². The lowest BCUT2D eigenvalue weighted by atomic mass is 9.85. The molecule has 2 aliphatic rings. The molecule has 2 aromatic rings. The Hall–Kier alpha value is -1.88. The van der Waals surface area contributed by atoms with Gasteiger partial charge in [-0.2, -0.15) is 5.10 Å². The lowest BCUT2D eigenvalue weighted by Gasteiger charge is -2.30. The Morgan fingerprint density at radius 1 is 1.38 bits per heavy atom. The average Bonchev–Trinajstić information content (AvgIpc) is 3.21. The Bertz CT molecular complexity index is 681. The zero-order valence-electron chi connectivity index (χ0n) is 11.7. The third-order valence-electron chi connectivity index (χ3n) is 5.32. The van der Waals surface area contributed by atoms with Gasteiger partial charge in [-0.05, 0) is 37.2 Å². The molecule has 4 unspecified atom stereocenters. The number of aliphatic hydroxyl groups is 1. The van der Waals surface area contributed by atoms with Crippen LogP contribution >= 0.6 is 0 Å². The highest BCUT2D eigenvalue weighted by Gasteiger charge is 2.47. The van der Waals surface area contributed by atoms with Crippen molar-refractivity contribution in [3.8, 4) is 0 Å². The zero-order valence-corrected chi connectivity index (χ0v) is 11.7. The second-order valence-corrected chi connectivity index (χ2v) is 6.32. The minimum absolute atomic E-state index is 0.0687. The number of carbonyl (C=O) groups is 1. The molecule has 4 rings (SSSR count). The van der Waals surface area contributed by atoms with E-state index < -0.39 is 0 Å². The van der Waals surface area contributed by atoms with Crippen LogP contribution in [0.4, 0.5) is 0 Å². The van der Waals surface area contributed by atoms with Crippen molar-refractivity contribution in [1.29, 1.82) is 0 Å². The number of aromatic amines is 1. The SMILES string of the molecule is O=C(NC1C2CCC(C2)C1CO)c1cccc2cn[nH]c12. The van der Waals surface area contributed by atoms with Gasteiger partial charge in [-0.1, -0.05) is 12.1 Å². The number of nitrogens with zero attached hydrogens (tertiary/aromatic N) is 1. The third-order valence-corrected chi connectivity index (χ3v) is 5.32. The van der Waals surface area contributed by atoms with Crippen LogP contribution in [-0.2, 0) is 0 Å². The van der Waals surface area contributed by atoms with Gasteiger partial charge >= 0.3 is 0 Å². The first-order valence-electron chi connectivity index (χ1n) is 7.61. The number of carbonyl (C=O) groups excluding carboxylic acids is 1. The van der Waals surface area contributed by atoms with Crippen molar-refractivity contribution in [1.82, 2.24) is 15.5 Å². The molecule has 5 heteroatoms. The molecule has 2 aliphatic carbocycles. The van der Waals surface area contributed by atoms with Gasteiger partial charge in [-0.3, -0.25) is 9.89 Å². The molecule has 0 aliphatic heterocycles. The Kier molecular flexibility index (Phi) is 2.96. The van der Waals surface area contributed by atoms with E-state index in [0.717, 1.165) is 17.3 Å². The van der Waals surface area contributed by atoms with Crippen molar-refractivity contribution in [3.63, 3.8) is 0 Å². The number of hydrogen-bond donors (Lipinski definition) is 3. The summed E-state index contributed by atoms with van der Waals surface area (Å²) in [6.07, 6.45) is 5.23. The molecule has 0 saturated heterocycles. The highest BCUT2D eigenvalue weighted by atomic mass is 16.3. The molecule has 0 spiro atoms. The fourth-order valence-corrected chi connectivity index (χ4v) is 4.29. The molecule has 2 bridgehead atoms. The van der Waals surface area contributed by atoms with Gasteiger partial charge in [0.2, 0.25) is 0 Å². The number of H-pyrrole nitrogens is 1. The number of amides is 1. The maximum atomic E-state index is 12.6. The second kappa shape index (κ2) is 4.84. The molecule has 1 aromatic carbocycles. The number of nitrogens with one attached hydrogen (secondary N) is 2. The van der Waals surface area contributed by atoms with Crippen LogP contribution in [0.1, 0.15) is 29.6 Å². The monoisotopic (exact) mass is 285 g/mol. The van der Waals surface area contributed by atoms with Gasteiger partial charge < -0.3 is 10.4 Å². The molecule has 21 heavy (non-hydrogen) atoms. The third kappa shape index (κ3) is 1.95. The standard InChI is InChI=1S/C16H19N3O2/c20-8-13-9-4-5-10(6-9)14(13)18-16(21)12-3-1-2-11-7-17-19-15(11)12/h1-3,7,9-10,13-14,20H,4-6,8H2,(H,17,19)(H,18,21). The lowest BCUT2D eigenvalue weighted by Crippen LogP contribution is -2.45. The summed E-state index contributed by atoms with van der Waals surface area (Å²) in [6.45, 7) is 0.167. The molecule has 2 saturated carbocycles. The van der Waals surface area contributed by atoms with Crippen molar-refractivity contribution in [2.45, 2.75) is 25.3 Å². The van der Waals surface area contributed by atoms with Gasteiger partial charge in [0.1, 0.15) is 0 Å². The number of hydrogen-bond acceptors (Lipinski definition) is 3. The van der Waals surface area contributed by atoms with Crippen molar-refractivity contribution < 1.29 is 9.90 Å². The van der Waals surface area contributed by atoms with Crippen LogP contribution in [0.2, 0.25) is 0 Å². The quantitative estimate of drug-likeness (QED) is 0.803. The van der Waals surface area contributed by atoms with Crippen molar-refractivity contribution >= 4 is 16.8 Å². The van der Waals surface area contributed by atoms with Crippen molar-refractivity contribution in [3.05, 3.63) is 30.0 Å². The summed E-state index contributed by atoms with van der Waals surface area (Å²) in [4.78, 5) is 12.6. The second-order valence-electron chi connectivity index (χ2n) is 6.32. The Morgan fingerprint density at radius 3 is 3.10 bits per heavy atom. The maximum absolute atomic E-state index is 12.6. The number of rotatable bonds is 3. The van der Waals surface area contributed by atoms with E-state index in [1.807, 2.05) is 18.2 Å². The first-order chi connectivity index (χ1) is 10.3. The average molecular weight is 285 g/mol. The predicted octanol–water partition coefficient (Wildman–Crippen LogP) is 1.70. The maximum Gasteiger partial charge on any atom is 0.253 e. The summed E-state index contributed by atoms with van der Waals surface area (Å²) in [5.41, 5.74) is 1.41. The number of aromatic nitrogens is 2. The van der Waals surface area contributed by atoms with E-state index in [-0.39, 0.29) is 24.5 Å². The highest BCUT2D eigenvalue weighted by Crippen LogP contribution is 2.48. The fourth-order valence-electron chi connectivity index (χ4n) is 4.29. The molecule has 1 aromatic heterocycles. The van der Waals surface area contributed by atoms with E-state index in [1.54, 1.807) is 6.20 Å². The number of fused-ring (bicyclic) bond motifs is 3. The Morgan fingerprint density at radius 2 is 2.24 bits per heavy atom. The van der Waals surface area contributed by atoms with Crippen LogP contribution in [0.5, 0.6) is 0 Å². The van der Waals surface area contributed by atoms with Gasteiger partial charge in [0.15, 0.2) is 0 Å². The van der Waals surface area contributed by atoms with E-state index in [2.05, 4.69) is 15.5 Å². The first-order valence-corrected chi connectivity index (χ1v) is 7.61. The normalized spacial score (nSPS) is 30.9. The van der Waals surface area contributed by atoms with Crippen LogP contribution in [0.3, 0.4) is 0 Å². The molecule has 1 heterocycles. The van der Waals surface area contributed by atoms with Gasteiger partial charge in [0, 0.05) is 24.0 Å². The van der Waals surface area contributed by atoms with Gasteiger partial charge in [0.05, 0.1) is 17.3 Å². The minimum atomic E-state index is -0.0687. The summed E-state index contributed by atoms with van der Waals surface area (Å²) in [5, 5.41) is 20.6. The van der Waals surface area contributed by atoms with Crippen molar-refractivity contribution in [2.75, 3.05) is 6.61 Å². The number of para-hydroxylation sites is 1. The highest BCUT2D eigenvalue weighted by molar-refractivity contribution is 6.05. The molecule has 1 amide bonds. The Balaban J connectivity index is 1.60. The van der Waals surface area contributed by atoms with Gasteiger partial charge in [0.25, 0.3) is 5.91 Å². The molecule has 4 atom stereocenters. The predicted molar refractivity (Wildman–Crippen MR) is 78.8 cm³/mol.